The van der Waals surface area contributed by atoms with E-state index in [4.69, 9.17) is 24.2 Å². The minimum Gasteiger partial charge on any atom is -0.459 e. The van der Waals surface area contributed by atoms with Crippen LogP contribution in [-0.4, -0.2) is 70.5 Å². The predicted molar refractivity (Wildman–Crippen MR) is 217 cm³/mol. The third kappa shape index (κ3) is 9.00. The van der Waals surface area contributed by atoms with Crippen molar-refractivity contribution in [2.45, 2.75) is 129 Å². The number of carbonyl (C=O) groups excluding carboxylic acids is 1. The van der Waals surface area contributed by atoms with Gasteiger partial charge in [-0.2, -0.15) is 0 Å². The number of aliphatic hydroxyl groups excluding tert-OH is 2. The van der Waals surface area contributed by atoms with Crippen LogP contribution in [0, 0.1) is 37.5 Å². The van der Waals surface area contributed by atoms with Gasteiger partial charge in [0.15, 0.2) is 0 Å². The van der Waals surface area contributed by atoms with Crippen molar-refractivity contribution in [1.29, 1.82) is 0 Å². The molecule has 0 saturated heterocycles. The van der Waals surface area contributed by atoms with Gasteiger partial charge in [0.05, 0.1) is 18.2 Å². The zero-order chi connectivity index (χ0) is 39.3. The molecule has 55 heavy (non-hydrogen) atoms. The quantitative estimate of drug-likeness (QED) is 0.0887. The lowest BCUT2D eigenvalue weighted by Crippen LogP contribution is -2.70. The highest BCUT2D eigenvalue weighted by Gasteiger charge is 2.65. The number of carbonyl (C=O) groups is 1. The number of unbranched alkanes of at least 4 members (excludes halogenated alkanes) is 2. The Morgan fingerprint density at radius 2 is 1.73 bits per heavy atom. The zero-order valence-corrected chi connectivity index (χ0v) is 34.0. The number of benzene rings is 2. The lowest BCUT2D eigenvalue weighted by atomic mass is 9.55. The van der Waals surface area contributed by atoms with Crippen LogP contribution in [0.2, 0.25) is 0 Å². The molecule has 2 N–H and O–H groups in total. The summed E-state index contributed by atoms with van der Waals surface area (Å²) in [5.41, 5.74) is 4.76. The molecule has 2 aromatic carbocycles. The van der Waals surface area contributed by atoms with Crippen molar-refractivity contribution in [3.63, 3.8) is 0 Å². The monoisotopic (exact) mass is 756 g/mol. The standard InChI is InChI=1S/C46H64N2O7/c1-8-22-48(44(51)32-17-18-32)41-29-39(47-55-45(5,6)7)37-27-33(14-10-12-23-49)36(15-11-13-24-50)42-38-28-35(53-34-19-16-30(3)31(4)26-34)20-21-40(38)54-46(41,43(37)42)52-25-9-2/h9,16,19-21,26-28,32-33,36,41-43,49-50H,2,8,10-15,17-18,22-25,29H2,1,3-7H3. The Morgan fingerprint density at radius 3 is 2.38 bits per heavy atom. The number of fused-ring (bicyclic) bond motifs is 2. The lowest BCUT2D eigenvalue weighted by Gasteiger charge is -2.60. The van der Waals surface area contributed by atoms with Gasteiger partial charge in [-0.15, -0.1) is 6.58 Å². The number of aryl methyl sites for hydroxylation is 2. The van der Waals surface area contributed by atoms with Crippen molar-refractivity contribution < 1.29 is 34.1 Å². The number of ether oxygens (including phenoxy) is 3. The van der Waals surface area contributed by atoms with Crippen molar-refractivity contribution in [3.8, 4) is 17.2 Å². The molecule has 6 unspecified atom stereocenters. The largest absolute Gasteiger partial charge is 0.459 e. The minimum absolute atomic E-state index is 0.0106. The smallest absolute Gasteiger partial charge is 0.239 e. The summed E-state index contributed by atoms with van der Waals surface area (Å²) in [6, 6.07) is 11.8. The normalized spacial score (nSPS) is 26.4. The average Bonchev–Trinajstić information content (AvgIpc) is 4.01. The van der Waals surface area contributed by atoms with Gasteiger partial charge in [-0.25, -0.2) is 0 Å². The number of nitrogens with zero attached hydrogens (tertiary/aromatic N) is 2. The fourth-order valence-corrected chi connectivity index (χ4v) is 9.04. The van der Waals surface area contributed by atoms with Gasteiger partial charge in [0, 0.05) is 43.6 Å². The lowest BCUT2D eigenvalue weighted by molar-refractivity contribution is -0.257. The molecule has 4 aliphatic rings. The number of amides is 1. The van der Waals surface area contributed by atoms with Gasteiger partial charge < -0.3 is 34.2 Å². The molecule has 0 radical (unpaired) electrons. The van der Waals surface area contributed by atoms with Gasteiger partial charge in [0.2, 0.25) is 11.7 Å². The predicted octanol–water partition coefficient (Wildman–Crippen LogP) is 9.18. The highest BCUT2D eigenvalue weighted by Crippen LogP contribution is 2.62. The van der Waals surface area contributed by atoms with Gasteiger partial charge in [0.1, 0.15) is 28.9 Å². The van der Waals surface area contributed by atoms with E-state index in [1.807, 2.05) is 43.9 Å². The molecule has 0 bridgehead atoms. The molecule has 2 aromatic rings. The van der Waals surface area contributed by atoms with Gasteiger partial charge in [0.25, 0.3) is 0 Å². The van der Waals surface area contributed by atoms with E-state index < -0.39 is 17.4 Å². The highest BCUT2D eigenvalue weighted by atomic mass is 16.7. The SMILES string of the molecule is C=CCOC12Oc3ccc(Oc4ccc(C)c(C)c4)cc3C3C(CCCCO)C(CCCCO)C=C(C(=NOC(C)(C)C)CC1N(CCC)C(=O)C1CC1)C32. The van der Waals surface area contributed by atoms with Gasteiger partial charge >= 0.3 is 0 Å². The molecule has 0 spiro atoms. The molecule has 2 saturated carbocycles. The average molecular weight is 757 g/mol. The first-order valence-corrected chi connectivity index (χ1v) is 20.8. The van der Waals surface area contributed by atoms with Crippen molar-refractivity contribution in [2.24, 2.45) is 28.8 Å². The summed E-state index contributed by atoms with van der Waals surface area (Å²) in [6.07, 6.45) is 12.1. The Bertz CT molecular complexity index is 1720. The summed E-state index contributed by atoms with van der Waals surface area (Å²) in [6.45, 7) is 17.4. The van der Waals surface area contributed by atoms with E-state index in [0.717, 1.165) is 91.0 Å². The summed E-state index contributed by atoms with van der Waals surface area (Å²) < 4.78 is 21.0. The second-order valence-corrected chi connectivity index (χ2v) is 17.1. The number of oxime groups is 1. The van der Waals surface area contributed by atoms with E-state index in [-0.39, 0.29) is 55.3 Å². The molecule has 300 valence electrons. The first-order chi connectivity index (χ1) is 26.4. The van der Waals surface area contributed by atoms with Gasteiger partial charge in [-0.3, -0.25) is 4.79 Å². The first-order valence-electron chi connectivity index (χ1n) is 20.8. The summed E-state index contributed by atoms with van der Waals surface area (Å²) in [5.74, 6) is 1.02. The highest BCUT2D eigenvalue weighted by molar-refractivity contribution is 6.03. The van der Waals surface area contributed by atoms with Crippen LogP contribution >= 0.6 is 0 Å². The third-order valence-electron chi connectivity index (χ3n) is 11.8. The molecule has 0 aromatic heterocycles. The molecule has 1 amide bonds. The Morgan fingerprint density at radius 1 is 1.02 bits per heavy atom. The Balaban J connectivity index is 1.59. The molecule has 6 atom stereocenters. The molecule has 6 rings (SSSR count). The number of allylic oxidation sites excluding steroid dienone is 1. The molecule has 3 aliphatic carbocycles. The maximum atomic E-state index is 14.4. The summed E-state index contributed by atoms with van der Waals surface area (Å²) in [7, 11) is 0. The van der Waals surface area contributed by atoms with Crippen LogP contribution in [0.3, 0.4) is 0 Å². The van der Waals surface area contributed by atoms with E-state index in [1.54, 1.807) is 6.08 Å². The van der Waals surface area contributed by atoms with Crippen molar-refractivity contribution in [1.82, 2.24) is 4.90 Å². The van der Waals surface area contributed by atoms with Crippen LogP contribution in [0.5, 0.6) is 17.2 Å². The van der Waals surface area contributed by atoms with Crippen molar-refractivity contribution in [3.05, 3.63) is 77.4 Å². The maximum absolute atomic E-state index is 14.4. The Labute approximate surface area is 328 Å². The number of hydrogen-bond acceptors (Lipinski definition) is 8. The van der Waals surface area contributed by atoms with Crippen LogP contribution < -0.4 is 9.47 Å². The van der Waals surface area contributed by atoms with Crippen molar-refractivity contribution >= 4 is 11.6 Å². The van der Waals surface area contributed by atoms with Gasteiger partial charge in [-0.05, 0) is 138 Å². The van der Waals surface area contributed by atoms with Crippen molar-refractivity contribution in [2.75, 3.05) is 26.4 Å². The Kier molecular flexibility index (Phi) is 13.1. The van der Waals surface area contributed by atoms with Crippen LogP contribution in [0.15, 0.2) is 65.9 Å². The van der Waals surface area contributed by atoms with E-state index in [0.29, 0.717) is 19.4 Å². The molecule has 9 heteroatoms. The fraction of sp³-hybridized carbons (Fsp3) is 0.609. The fourth-order valence-electron chi connectivity index (χ4n) is 9.04. The number of hydrogen-bond donors (Lipinski definition) is 2. The molecule has 1 aliphatic heterocycles. The number of aliphatic hydroxyl groups is 2. The molecular weight excluding hydrogens is 693 g/mol. The van der Waals surface area contributed by atoms with Crippen LogP contribution in [0.25, 0.3) is 0 Å². The number of rotatable bonds is 18. The summed E-state index contributed by atoms with van der Waals surface area (Å²) >= 11 is 0. The topological polar surface area (TPSA) is 110 Å². The molecule has 9 nitrogen and oxygen atoms in total. The van der Waals surface area contributed by atoms with Crippen LogP contribution in [0.1, 0.15) is 115 Å². The van der Waals surface area contributed by atoms with E-state index in [2.05, 4.69) is 51.6 Å². The van der Waals surface area contributed by atoms with Crippen LogP contribution in [0.4, 0.5) is 0 Å². The zero-order valence-electron chi connectivity index (χ0n) is 34.0. The second kappa shape index (κ2) is 17.6. The first kappa shape index (κ1) is 41.0. The minimum atomic E-state index is -1.24. The van der Waals surface area contributed by atoms with Crippen LogP contribution in [-0.2, 0) is 14.4 Å². The second-order valence-electron chi connectivity index (χ2n) is 17.1. The summed E-state index contributed by atoms with van der Waals surface area (Å²) in [5, 5.41) is 24.7. The van der Waals surface area contributed by atoms with E-state index >= 15 is 0 Å². The Hall–Kier alpha value is -3.66. The van der Waals surface area contributed by atoms with Gasteiger partial charge in [-0.1, -0.05) is 43.1 Å². The van der Waals surface area contributed by atoms with E-state index in [1.165, 1.54) is 5.56 Å². The summed E-state index contributed by atoms with van der Waals surface area (Å²) in [4.78, 5) is 22.6. The third-order valence-corrected chi connectivity index (χ3v) is 11.8. The maximum Gasteiger partial charge on any atom is 0.239 e. The molecular formula is C46H64N2O7. The van der Waals surface area contributed by atoms with E-state index in [9.17, 15) is 15.0 Å². The molecule has 1 heterocycles. The molecule has 2 fully saturated rings.